The summed E-state index contributed by atoms with van der Waals surface area (Å²) in [6.45, 7) is 0.551. The van der Waals surface area contributed by atoms with Gasteiger partial charge in [0.2, 0.25) is 0 Å². The number of hydrogen-bond donors (Lipinski definition) is 2. The van der Waals surface area contributed by atoms with E-state index in [4.69, 9.17) is 5.11 Å². The Balaban J connectivity index is 1.66. The van der Waals surface area contributed by atoms with Gasteiger partial charge in [0.05, 0.1) is 11.1 Å². The molecule has 0 aliphatic carbocycles. The lowest BCUT2D eigenvalue weighted by atomic mass is 10.0. The van der Waals surface area contributed by atoms with Gasteiger partial charge in [0, 0.05) is 12.2 Å². The molecule has 1 atom stereocenters. The lowest BCUT2D eigenvalue weighted by Crippen LogP contribution is -2.44. The molecule has 4 rings (SSSR count). The number of anilines is 1. The van der Waals surface area contributed by atoms with Crippen LogP contribution in [0, 0.1) is 0 Å². The summed E-state index contributed by atoms with van der Waals surface area (Å²) < 4.78 is 0. The Hall–Kier alpha value is -3.60. The minimum absolute atomic E-state index is 0.0300. The Morgan fingerprint density at radius 3 is 2.32 bits per heavy atom. The van der Waals surface area contributed by atoms with E-state index in [0.717, 1.165) is 23.2 Å². The van der Waals surface area contributed by atoms with E-state index in [2.05, 4.69) is 5.32 Å². The van der Waals surface area contributed by atoms with E-state index >= 15 is 0 Å². The zero-order valence-corrected chi connectivity index (χ0v) is 15.2. The van der Waals surface area contributed by atoms with Gasteiger partial charge in [-0.05, 0) is 41.8 Å². The number of hydrogen-bond acceptors (Lipinski definition) is 3. The van der Waals surface area contributed by atoms with Crippen molar-refractivity contribution in [3.63, 3.8) is 0 Å². The van der Waals surface area contributed by atoms with Crippen molar-refractivity contribution in [3.05, 3.63) is 101 Å². The second-order valence-electron chi connectivity index (χ2n) is 6.75. The molecule has 1 aliphatic heterocycles. The number of benzene rings is 3. The molecule has 0 saturated carbocycles. The first-order valence-electron chi connectivity index (χ1n) is 9.17. The maximum atomic E-state index is 13.2. The number of carbonyl (C=O) groups excluding carboxylic acids is 1. The van der Waals surface area contributed by atoms with Crippen molar-refractivity contribution in [1.82, 2.24) is 4.90 Å². The van der Waals surface area contributed by atoms with Crippen LogP contribution < -0.4 is 5.32 Å². The van der Waals surface area contributed by atoms with Crippen molar-refractivity contribution in [3.8, 4) is 0 Å². The highest BCUT2D eigenvalue weighted by atomic mass is 16.4. The van der Waals surface area contributed by atoms with E-state index < -0.39 is 5.97 Å². The maximum Gasteiger partial charge on any atom is 0.335 e. The smallest absolute Gasteiger partial charge is 0.335 e. The number of fused-ring (bicyclic) bond motifs is 1. The maximum absolute atomic E-state index is 13.2. The number of para-hydroxylation sites is 1. The standard InChI is InChI=1S/C23H20N2O3/c26-22-19-8-4-5-9-20(19)24-21(17-10-12-18(13-11-17)23(27)28)25(22)15-14-16-6-2-1-3-7-16/h1-13,21,24H,14-15H2,(H,27,28)/t21-/m0/s1. The average molecular weight is 372 g/mol. The minimum atomic E-state index is -0.967. The van der Waals surface area contributed by atoms with Gasteiger partial charge in [-0.25, -0.2) is 4.79 Å². The van der Waals surface area contributed by atoms with Crippen molar-refractivity contribution in [2.75, 3.05) is 11.9 Å². The fourth-order valence-electron chi connectivity index (χ4n) is 3.49. The van der Waals surface area contributed by atoms with Crippen LogP contribution in [0.15, 0.2) is 78.9 Å². The fourth-order valence-corrected chi connectivity index (χ4v) is 3.49. The molecule has 0 aromatic heterocycles. The van der Waals surface area contributed by atoms with Crippen LogP contribution in [0.25, 0.3) is 0 Å². The van der Waals surface area contributed by atoms with E-state index in [9.17, 15) is 9.59 Å². The van der Waals surface area contributed by atoms with E-state index in [1.54, 1.807) is 24.3 Å². The molecule has 0 saturated heterocycles. The molecule has 2 N–H and O–H groups in total. The van der Waals surface area contributed by atoms with Crippen LogP contribution in [0.4, 0.5) is 5.69 Å². The van der Waals surface area contributed by atoms with Crippen molar-refractivity contribution >= 4 is 17.6 Å². The van der Waals surface area contributed by atoms with Gasteiger partial charge < -0.3 is 15.3 Å². The van der Waals surface area contributed by atoms with E-state index in [-0.39, 0.29) is 17.6 Å². The molecule has 0 fully saturated rings. The lowest BCUT2D eigenvalue weighted by Gasteiger charge is -2.38. The second-order valence-corrected chi connectivity index (χ2v) is 6.75. The summed E-state index contributed by atoms with van der Waals surface area (Å²) in [6.07, 6.45) is 0.383. The quantitative estimate of drug-likeness (QED) is 0.704. The number of carboxylic acids is 1. The van der Waals surface area contributed by atoms with Crippen molar-refractivity contribution in [2.24, 2.45) is 0 Å². The summed E-state index contributed by atoms with van der Waals surface area (Å²) in [5.74, 6) is -0.997. The molecule has 1 heterocycles. The molecule has 140 valence electrons. The molecule has 1 aliphatic rings. The van der Waals surface area contributed by atoms with Crippen LogP contribution in [-0.4, -0.2) is 28.4 Å². The first kappa shape index (κ1) is 17.8. The minimum Gasteiger partial charge on any atom is -0.478 e. The second kappa shape index (κ2) is 7.56. The number of nitrogens with one attached hydrogen (secondary N) is 1. The first-order chi connectivity index (χ1) is 13.6. The summed E-state index contributed by atoms with van der Waals surface area (Å²) >= 11 is 0. The summed E-state index contributed by atoms with van der Waals surface area (Å²) in [6, 6.07) is 24.2. The SMILES string of the molecule is O=C(O)c1ccc([C@H]2Nc3ccccc3C(=O)N2CCc2ccccc2)cc1. The highest BCUT2D eigenvalue weighted by Crippen LogP contribution is 2.33. The molecular formula is C23H20N2O3. The molecule has 0 spiro atoms. The van der Waals surface area contributed by atoms with Crippen LogP contribution in [-0.2, 0) is 6.42 Å². The third-order valence-corrected chi connectivity index (χ3v) is 4.98. The summed E-state index contributed by atoms with van der Waals surface area (Å²) in [5.41, 5.74) is 3.67. The number of aromatic carboxylic acids is 1. The Morgan fingerprint density at radius 1 is 0.929 bits per heavy atom. The Morgan fingerprint density at radius 2 is 1.61 bits per heavy atom. The molecule has 1 amide bonds. The molecule has 5 nitrogen and oxygen atoms in total. The van der Waals surface area contributed by atoms with Crippen molar-refractivity contribution in [1.29, 1.82) is 0 Å². The predicted octanol–water partition coefficient (Wildman–Crippen LogP) is 4.19. The molecular weight excluding hydrogens is 352 g/mol. The van der Waals surface area contributed by atoms with Gasteiger partial charge in [0.1, 0.15) is 6.17 Å². The van der Waals surface area contributed by atoms with E-state index in [1.165, 1.54) is 0 Å². The topological polar surface area (TPSA) is 69.6 Å². The number of nitrogens with zero attached hydrogens (tertiary/aromatic N) is 1. The largest absolute Gasteiger partial charge is 0.478 e. The highest BCUT2D eigenvalue weighted by molar-refractivity contribution is 6.01. The van der Waals surface area contributed by atoms with Crippen LogP contribution in [0.1, 0.15) is 38.0 Å². The van der Waals surface area contributed by atoms with Crippen LogP contribution in [0.5, 0.6) is 0 Å². The number of rotatable bonds is 5. The lowest BCUT2D eigenvalue weighted by molar-refractivity contribution is 0.0677. The van der Waals surface area contributed by atoms with E-state index in [0.29, 0.717) is 12.1 Å². The molecule has 0 unspecified atom stereocenters. The van der Waals surface area contributed by atoms with Crippen LogP contribution in [0.3, 0.4) is 0 Å². The van der Waals surface area contributed by atoms with Crippen molar-refractivity contribution in [2.45, 2.75) is 12.6 Å². The number of carbonyl (C=O) groups is 2. The summed E-state index contributed by atoms with van der Waals surface area (Å²) in [4.78, 5) is 26.1. The summed E-state index contributed by atoms with van der Waals surface area (Å²) in [7, 11) is 0. The average Bonchev–Trinajstić information content (AvgIpc) is 2.74. The van der Waals surface area contributed by atoms with Gasteiger partial charge in [-0.1, -0.05) is 54.6 Å². The zero-order valence-electron chi connectivity index (χ0n) is 15.2. The van der Waals surface area contributed by atoms with Gasteiger partial charge >= 0.3 is 5.97 Å². The van der Waals surface area contributed by atoms with Gasteiger partial charge in [0.25, 0.3) is 5.91 Å². The Labute approximate surface area is 163 Å². The monoisotopic (exact) mass is 372 g/mol. The van der Waals surface area contributed by atoms with Gasteiger partial charge in [-0.15, -0.1) is 0 Å². The molecule has 0 bridgehead atoms. The molecule has 3 aromatic rings. The Kier molecular flexibility index (Phi) is 4.81. The zero-order chi connectivity index (χ0) is 19.5. The van der Waals surface area contributed by atoms with E-state index in [1.807, 2.05) is 59.5 Å². The molecule has 5 heteroatoms. The third kappa shape index (κ3) is 3.47. The predicted molar refractivity (Wildman–Crippen MR) is 107 cm³/mol. The highest BCUT2D eigenvalue weighted by Gasteiger charge is 2.32. The molecule has 28 heavy (non-hydrogen) atoms. The van der Waals surface area contributed by atoms with Crippen LogP contribution >= 0.6 is 0 Å². The number of amides is 1. The normalized spacial score (nSPS) is 15.6. The Bertz CT molecular complexity index is 1000. The van der Waals surface area contributed by atoms with Gasteiger partial charge in [-0.2, -0.15) is 0 Å². The number of carboxylic acid groups (broad SMARTS) is 1. The molecule has 0 radical (unpaired) electrons. The third-order valence-electron chi connectivity index (χ3n) is 4.98. The molecule has 3 aromatic carbocycles. The first-order valence-corrected chi connectivity index (χ1v) is 9.17. The fraction of sp³-hybridized carbons (Fsp3) is 0.130. The van der Waals surface area contributed by atoms with Crippen molar-refractivity contribution < 1.29 is 14.7 Å². The van der Waals surface area contributed by atoms with Crippen LogP contribution in [0.2, 0.25) is 0 Å². The van der Waals surface area contributed by atoms with Gasteiger partial charge in [-0.3, -0.25) is 4.79 Å². The summed E-state index contributed by atoms with van der Waals surface area (Å²) in [5, 5.41) is 12.6. The van der Waals surface area contributed by atoms with Gasteiger partial charge in [0.15, 0.2) is 0 Å².